The number of hydrogen-bond acceptors (Lipinski definition) is 6. The maximum Gasteiger partial charge on any atom is 0.416 e. The van der Waals surface area contributed by atoms with Gasteiger partial charge in [0.05, 0.1) is 21.6 Å². The number of aromatic carboxylic acids is 1. The van der Waals surface area contributed by atoms with Crippen molar-refractivity contribution in [1.29, 1.82) is 0 Å². The van der Waals surface area contributed by atoms with Gasteiger partial charge in [0.15, 0.2) is 0 Å². The number of amides is 1. The number of thiophene rings is 1. The van der Waals surface area contributed by atoms with E-state index in [2.05, 4.69) is 5.32 Å². The lowest BCUT2D eigenvalue weighted by Crippen LogP contribution is -2.30. The monoisotopic (exact) mass is 616 g/mol. The highest BCUT2D eigenvalue weighted by Gasteiger charge is 2.37. The Morgan fingerprint density at radius 2 is 1.60 bits per heavy atom. The molecule has 2 aromatic carbocycles. The molecule has 3 aromatic rings. The van der Waals surface area contributed by atoms with Crippen molar-refractivity contribution in [2.75, 3.05) is 18.4 Å². The van der Waals surface area contributed by atoms with E-state index in [0.29, 0.717) is 46.5 Å². The third-order valence-corrected chi connectivity index (χ3v) is 7.96. The molecule has 210 valence electrons. The van der Waals surface area contributed by atoms with Crippen LogP contribution in [0.3, 0.4) is 0 Å². The lowest BCUT2D eigenvalue weighted by molar-refractivity contribution is -0.143. The van der Waals surface area contributed by atoms with E-state index in [9.17, 15) is 35.9 Å². The van der Waals surface area contributed by atoms with Gasteiger partial charge in [-0.1, -0.05) is 24.0 Å². The first-order valence-corrected chi connectivity index (χ1v) is 13.5. The van der Waals surface area contributed by atoms with Crippen LogP contribution in [0.25, 0.3) is 17.2 Å². The highest BCUT2D eigenvalue weighted by atomic mass is 32.2. The van der Waals surface area contributed by atoms with Gasteiger partial charge in [0.1, 0.15) is 4.32 Å². The number of thioether (sulfide) groups is 1. The van der Waals surface area contributed by atoms with Crippen molar-refractivity contribution in [1.82, 2.24) is 4.90 Å². The van der Waals surface area contributed by atoms with Crippen LogP contribution in [0.1, 0.15) is 32.8 Å². The van der Waals surface area contributed by atoms with Gasteiger partial charge in [0, 0.05) is 23.7 Å². The van der Waals surface area contributed by atoms with Crippen LogP contribution in [-0.4, -0.2) is 39.3 Å². The lowest BCUT2D eigenvalue weighted by Gasteiger charge is -2.14. The van der Waals surface area contributed by atoms with Gasteiger partial charge in [-0.25, -0.2) is 4.79 Å². The molecule has 14 heteroatoms. The Morgan fingerprint density at radius 1 is 0.975 bits per heavy atom. The molecule has 1 amide bonds. The van der Waals surface area contributed by atoms with E-state index in [1.54, 1.807) is 12.1 Å². The molecule has 1 aromatic heterocycles. The summed E-state index contributed by atoms with van der Waals surface area (Å²) in [6, 6.07) is 9.02. The molecule has 0 atom stereocenters. The summed E-state index contributed by atoms with van der Waals surface area (Å²) in [5.41, 5.74) is -2.02. The molecule has 1 fully saturated rings. The summed E-state index contributed by atoms with van der Waals surface area (Å²) in [6.07, 6.45) is -7.87. The molecule has 0 saturated carbocycles. The molecule has 0 aliphatic carbocycles. The van der Waals surface area contributed by atoms with Crippen molar-refractivity contribution < 1.29 is 41.0 Å². The molecule has 2 heterocycles. The molecule has 1 aliphatic rings. The standard InChI is InChI=1S/C26H18F6N2O3S3/c27-25(28,29)17-8-15(9-18(11-17)26(30,31)32)16-10-20(39-13-16)12-21-22(35)34(24(38)40-21)7-1-6-33-19-4-2-14(3-5-19)23(36)37/h2-5,8-13,33H,1,6-7H2,(H,36,37). The van der Waals surface area contributed by atoms with Gasteiger partial charge < -0.3 is 10.4 Å². The summed E-state index contributed by atoms with van der Waals surface area (Å²) in [5, 5.41) is 13.5. The molecule has 0 spiro atoms. The number of hydrogen-bond donors (Lipinski definition) is 2. The predicted octanol–water partition coefficient (Wildman–Crippen LogP) is 7.85. The van der Waals surface area contributed by atoms with E-state index in [1.807, 2.05) is 0 Å². The average Bonchev–Trinajstić information content (AvgIpc) is 3.45. The SMILES string of the molecule is O=C(O)c1ccc(NCCCN2C(=O)C(=Cc3cc(-c4cc(C(F)(F)F)cc(C(F)(F)F)c4)cs3)SC2=S)cc1. The smallest absolute Gasteiger partial charge is 0.416 e. The number of carboxylic acid groups (broad SMARTS) is 1. The van der Waals surface area contributed by atoms with Crippen LogP contribution in [0.15, 0.2) is 58.8 Å². The number of alkyl halides is 6. The molecule has 0 bridgehead atoms. The van der Waals surface area contributed by atoms with E-state index in [0.717, 1.165) is 23.1 Å². The van der Waals surface area contributed by atoms with E-state index >= 15 is 0 Å². The largest absolute Gasteiger partial charge is 0.478 e. The third kappa shape index (κ3) is 7.04. The lowest BCUT2D eigenvalue weighted by atomic mass is 10.0. The Balaban J connectivity index is 1.42. The second-order valence-corrected chi connectivity index (χ2v) is 11.1. The number of carbonyl (C=O) groups is 2. The number of benzene rings is 2. The number of carbonyl (C=O) groups excluding carboxylic acids is 1. The van der Waals surface area contributed by atoms with Crippen LogP contribution in [0.2, 0.25) is 0 Å². The van der Waals surface area contributed by atoms with E-state index in [4.69, 9.17) is 17.3 Å². The van der Waals surface area contributed by atoms with Crippen molar-refractivity contribution >= 4 is 63.3 Å². The van der Waals surface area contributed by atoms with Gasteiger partial charge in [-0.05, 0) is 77.5 Å². The highest BCUT2D eigenvalue weighted by Crippen LogP contribution is 2.40. The number of anilines is 1. The number of carboxylic acids is 1. The van der Waals surface area contributed by atoms with Crippen LogP contribution in [0.4, 0.5) is 32.0 Å². The Bertz CT molecular complexity index is 1450. The molecule has 40 heavy (non-hydrogen) atoms. The molecule has 0 unspecified atom stereocenters. The summed E-state index contributed by atoms with van der Waals surface area (Å²) in [4.78, 5) is 26.0. The molecular weight excluding hydrogens is 598 g/mol. The first-order valence-electron chi connectivity index (χ1n) is 11.4. The van der Waals surface area contributed by atoms with Gasteiger partial charge in [-0.2, -0.15) is 26.3 Å². The van der Waals surface area contributed by atoms with Gasteiger partial charge >= 0.3 is 18.3 Å². The minimum atomic E-state index is -4.95. The minimum Gasteiger partial charge on any atom is -0.478 e. The van der Waals surface area contributed by atoms with Crippen LogP contribution in [0, 0.1) is 0 Å². The van der Waals surface area contributed by atoms with Crippen LogP contribution >= 0.6 is 35.3 Å². The Labute approximate surface area is 237 Å². The van der Waals surface area contributed by atoms with Crippen LogP contribution in [-0.2, 0) is 17.1 Å². The highest BCUT2D eigenvalue weighted by molar-refractivity contribution is 8.26. The fourth-order valence-electron chi connectivity index (χ4n) is 3.72. The first kappa shape index (κ1) is 29.6. The number of nitrogens with one attached hydrogen (secondary N) is 1. The van der Waals surface area contributed by atoms with Crippen LogP contribution < -0.4 is 5.32 Å². The second kappa shape index (κ2) is 11.6. The topological polar surface area (TPSA) is 69.6 Å². The van der Waals surface area contributed by atoms with Crippen LogP contribution in [0.5, 0.6) is 0 Å². The number of halogens is 6. The Hall–Kier alpha value is -3.36. The Kier molecular flexibility index (Phi) is 8.61. The van der Waals surface area contributed by atoms with E-state index in [-0.39, 0.29) is 33.6 Å². The van der Waals surface area contributed by atoms with Crippen molar-refractivity contribution in [2.45, 2.75) is 18.8 Å². The molecule has 1 aliphatic heterocycles. The van der Waals surface area contributed by atoms with Gasteiger partial charge in [0.25, 0.3) is 5.91 Å². The zero-order chi connectivity index (χ0) is 29.2. The molecule has 1 saturated heterocycles. The zero-order valence-corrected chi connectivity index (χ0v) is 22.5. The maximum atomic E-state index is 13.2. The molecule has 5 nitrogen and oxygen atoms in total. The normalized spacial score (nSPS) is 15.2. The summed E-state index contributed by atoms with van der Waals surface area (Å²) in [5.74, 6) is -1.38. The fraction of sp³-hybridized carbons (Fsp3) is 0.192. The summed E-state index contributed by atoms with van der Waals surface area (Å²) in [7, 11) is 0. The number of thiocarbonyl (C=S) groups is 1. The first-order chi connectivity index (χ1) is 18.7. The number of rotatable bonds is 8. The maximum absolute atomic E-state index is 13.2. The average molecular weight is 617 g/mol. The zero-order valence-electron chi connectivity index (χ0n) is 20.1. The molecule has 2 N–H and O–H groups in total. The van der Waals surface area contributed by atoms with Crippen molar-refractivity contribution in [2.24, 2.45) is 0 Å². The van der Waals surface area contributed by atoms with E-state index < -0.39 is 29.4 Å². The molecular formula is C26H18F6N2O3S3. The Morgan fingerprint density at radius 3 is 2.17 bits per heavy atom. The van der Waals surface area contributed by atoms with Gasteiger partial charge in [-0.3, -0.25) is 9.69 Å². The summed E-state index contributed by atoms with van der Waals surface area (Å²) >= 11 is 7.44. The molecule has 4 rings (SSSR count). The van der Waals surface area contributed by atoms with Crippen molar-refractivity contribution in [3.63, 3.8) is 0 Å². The third-order valence-electron chi connectivity index (χ3n) is 5.71. The molecule has 0 radical (unpaired) electrons. The second-order valence-electron chi connectivity index (χ2n) is 8.53. The quantitative estimate of drug-likeness (QED) is 0.116. The predicted molar refractivity (Wildman–Crippen MR) is 146 cm³/mol. The fourth-order valence-corrected chi connectivity index (χ4v) is 5.95. The van der Waals surface area contributed by atoms with Gasteiger partial charge in [-0.15, -0.1) is 11.3 Å². The number of nitrogens with zero attached hydrogens (tertiary/aromatic N) is 1. The van der Waals surface area contributed by atoms with E-state index in [1.165, 1.54) is 34.6 Å². The summed E-state index contributed by atoms with van der Waals surface area (Å²) in [6.45, 7) is 0.788. The minimum absolute atomic E-state index is 0.0761. The van der Waals surface area contributed by atoms with Gasteiger partial charge in [0.2, 0.25) is 0 Å². The van der Waals surface area contributed by atoms with Crippen molar-refractivity contribution in [3.05, 3.63) is 80.4 Å². The van der Waals surface area contributed by atoms with Crippen molar-refractivity contribution in [3.8, 4) is 11.1 Å². The summed E-state index contributed by atoms with van der Waals surface area (Å²) < 4.78 is 79.7.